The van der Waals surface area contributed by atoms with Crippen LogP contribution in [0.3, 0.4) is 0 Å². The van der Waals surface area contributed by atoms with Crippen molar-refractivity contribution < 1.29 is 111 Å². The Labute approximate surface area is 665 Å². The molecular weight excluding hydrogens is 1460 g/mol. The van der Waals surface area contributed by atoms with Crippen LogP contribution < -0.4 is 33.2 Å². The van der Waals surface area contributed by atoms with Crippen LogP contribution in [-0.4, -0.2) is 100 Å². The Bertz CT molecular complexity index is 4540. The van der Waals surface area contributed by atoms with E-state index in [1.807, 2.05) is 0 Å². The Morgan fingerprint density at radius 3 is 0.640 bits per heavy atom. The summed E-state index contributed by atoms with van der Waals surface area (Å²) in [6.45, 7) is 18.2. The van der Waals surface area contributed by atoms with E-state index in [2.05, 4.69) is 0 Å². The highest BCUT2D eigenvalue weighted by molar-refractivity contribution is 5.90. The highest BCUT2D eigenvalue weighted by Gasteiger charge is 2.62. The first kappa shape index (κ1) is 88.2. The number of carboxylic acids is 3. The summed E-state index contributed by atoms with van der Waals surface area (Å²) in [6, 6.07) is 55.6. The Kier molecular flexibility index (Phi) is 28.0. The van der Waals surface area contributed by atoms with Gasteiger partial charge in [-0.25, -0.2) is 0 Å². The van der Waals surface area contributed by atoms with Gasteiger partial charge in [0.2, 0.25) is 0 Å². The van der Waals surface area contributed by atoms with Crippen LogP contribution in [0.4, 0.5) is 0 Å². The highest BCUT2D eigenvalue weighted by Crippen LogP contribution is 2.58. The molecule has 7 aromatic carbocycles. The molecule has 0 amide bonds. The number of ether oxygens (including phenoxy) is 9. The van der Waals surface area contributed by atoms with Crippen molar-refractivity contribution in [3.05, 3.63) is 212 Å². The van der Waals surface area contributed by atoms with Gasteiger partial charge in [-0.05, 0) is 239 Å². The van der Waals surface area contributed by atoms with E-state index in [1.165, 1.54) is 137 Å². The largest absolute Gasteiger partial charge is 0.481 e. The first-order valence-corrected chi connectivity index (χ1v) is 37.9. The van der Waals surface area contributed by atoms with Gasteiger partial charge in [0.15, 0.2) is 0 Å². The maximum Gasteiger partial charge on any atom is 0.317 e. The summed E-state index contributed by atoms with van der Waals surface area (Å²) < 4.78 is 55.4. The number of rotatable bonds is 41. The zero-order valence-corrected chi connectivity index (χ0v) is 67.0. The van der Waals surface area contributed by atoms with Crippen LogP contribution in [0, 0.1) is 59.6 Å². The van der Waals surface area contributed by atoms with Gasteiger partial charge in [0, 0.05) is 0 Å². The maximum atomic E-state index is 16.4. The summed E-state index contributed by atoms with van der Waals surface area (Å²) in [4.78, 5) is 168. The summed E-state index contributed by atoms with van der Waals surface area (Å²) in [6.07, 6.45) is -7.38. The van der Waals surface area contributed by atoms with Gasteiger partial charge >= 0.3 is 65.7 Å². The monoisotopic (exact) mass is 1560 g/mol. The number of epoxide rings is 1. The predicted octanol–water partition coefficient (Wildman–Crippen LogP) is 16.8. The van der Waals surface area contributed by atoms with Crippen LogP contribution >= 0.6 is 0 Å². The lowest BCUT2D eigenvalue weighted by Gasteiger charge is -2.47. The minimum absolute atomic E-state index is 0.00802. The third-order valence-corrected chi connectivity index (χ3v) is 21.7. The normalized spacial score (nSPS) is 17.9. The van der Waals surface area contributed by atoms with Crippen LogP contribution in [0.25, 0.3) is 0 Å². The molecule has 0 bridgehead atoms. The number of aliphatic carboxylic acids is 3. The van der Waals surface area contributed by atoms with E-state index < -0.39 is 189 Å². The highest BCUT2D eigenvalue weighted by atomic mass is 16.6. The van der Waals surface area contributed by atoms with E-state index in [-0.39, 0.29) is 66.3 Å². The third kappa shape index (κ3) is 22.7. The molecule has 11 unspecified atom stereocenters. The summed E-state index contributed by atoms with van der Waals surface area (Å²) in [7, 11) is 0. The fourth-order valence-corrected chi connectivity index (χ4v) is 16.6. The molecule has 1 aliphatic rings. The summed E-state index contributed by atoms with van der Waals surface area (Å²) in [5, 5.41) is 32.8. The first-order chi connectivity index (χ1) is 53.5. The predicted molar refractivity (Wildman–Crippen MR) is 419 cm³/mol. The van der Waals surface area contributed by atoms with Crippen LogP contribution in [0.15, 0.2) is 212 Å². The van der Waals surface area contributed by atoms with Gasteiger partial charge in [-0.1, -0.05) is 134 Å². The SMILES string of the molecule is CCC(C)(CC(C)(CC(C)(CC(C)(CC(C)(CC(C)(CC(C)(CC(C)(CC(C)(CC(C)(CC(C)(C)C(=O)O)C(=O)O)C(=O)O)C(=O)OCC1CO1)C(=O)Oc1ccccc1)C(=O)Oc1ccccc1)C(=O)Oc1ccccc1)C(=O)Oc1ccccc1)C(=O)Oc1ccccc1)C(=O)Oc1ccccc1)C(=O)Oc1ccccc1. The Morgan fingerprint density at radius 2 is 0.447 bits per heavy atom. The van der Waals surface area contributed by atoms with Crippen molar-refractivity contribution in [3.63, 3.8) is 0 Å². The van der Waals surface area contributed by atoms with Gasteiger partial charge in [0.25, 0.3) is 0 Å². The lowest BCUT2D eigenvalue weighted by atomic mass is 9.56. The van der Waals surface area contributed by atoms with Crippen LogP contribution in [0.2, 0.25) is 0 Å². The van der Waals surface area contributed by atoms with Gasteiger partial charge in [0.1, 0.15) is 53.0 Å². The average Bonchev–Trinajstić information content (AvgIpc) is 0.934. The van der Waals surface area contributed by atoms with E-state index in [9.17, 15) is 34.5 Å². The fourth-order valence-electron chi connectivity index (χ4n) is 16.6. The summed E-state index contributed by atoms with van der Waals surface area (Å²) >= 11 is 0. The molecule has 11 atom stereocenters. The van der Waals surface area contributed by atoms with Crippen molar-refractivity contribution >= 4 is 65.7 Å². The van der Waals surface area contributed by atoms with Crippen LogP contribution in [0.1, 0.15) is 161 Å². The number of carbonyl (C=O) groups is 11. The van der Waals surface area contributed by atoms with E-state index in [4.69, 9.17) is 42.6 Å². The Balaban J connectivity index is 1.38. The zero-order valence-electron chi connectivity index (χ0n) is 67.0. The van der Waals surface area contributed by atoms with E-state index in [0.29, 0.717) is 0 Å². The molecule has 8 rings (SSSR count). The molecule has 114 heavy (non-hydrogen) atoms. The molecule has 23 nitrogen and oxygen atoms in total. The second kappa shape index (κ2) is 36.2. The average molecular weight is 1570 g/mol. The number of benzene rings is 7. The molecule has 7 aromatic rings. The number of hydrogen-bond acceptors (Lipinski definition) is 20. The first-order valence-electron chi connectivity index (χ1n) is 37.9. The quantitative estimate of drug-likeness (QED) is 0.0182. The second-order valence-corrected chi connectivity index (χ2v) is 34.0. The van der Waals surface area contributed by atoms with Crippen molar-refractivity contribution in [2.24, 2.45) is 59.6 Å². The van der Waals surface area contributed by atoms with Gasteiger partial charge in [-0.3, -0.25) is 52.7 Å². The molecule has 1 aliphatic heterocycles. The standard InChI is InChI=1S/C91H104O23/c1-14-82(4,74(99)108-62-36-22-15-23-37-62)53-86(8,75(100)109-63-38-24-16-25-39-63)57-88(10,77(102)111-65-42-28-18-29-43-65)59-90(12,79(104)113-67-46-32-20-33-47-67)61-91(13,80(105)114-68-48-34-21-35-49-68)60-89(11,78(103)112-66-44-30-19-31-45-66)58-87(9,76(101)110-64-40-26-17-27-41-64)56-85(7,73(98)107-51-69-50-106-69)55-84(6,72(96)97)54-83(5,71(94)95)52-81(2,3)70(92)93/h15-49,69H,14,50-61H2,1-13H3,(H,92,93)(H,94,95)(H,96,97). The molecular formula is C91H104O23. The van der Waals surface area contributed by atoms with Gasteiger partial charge in [0.05, 0.1) is 66.2 Å². The fraction of sp³-hybridized carbons (Fsp3) is 0.418. The van der Waals surface area contributed by atoms with Gasteiger partial charge in [-0.15, -0.1) is 0 Å². The minimum Gasteiger partial charge on any atom is -0.481 e. The van der Waals surface area contributed by atoms with Crippen molar-refractivity contribution in [2.75, 3.05) is 13.2 Å². The second-order valence-electron chi connectivity index (χ2n) is 34.0. The van der Waals surface area contributed by atoms with Crippen molar-refractivity contribution in [2.45, 2.75) is 167 Å². The molecule has 606 valence electrons. The molecule has 1 saturated heterocycles. The smallest absolute Gasteiger partial charge is 0.317 e. The van der Waals surface area contributed by atoms with Gasteiger partial charge < -0.3 is 58.0 Å². The molecule has 23 heteroatoms. The minimum atomic E-state index is -2.31. The molecule has 0 spiro atoms. The number of hydrogen-bond donors (Lipinski definition) is 3. The van der Waals surface area contributed by atoms with Crippen molar-refractivity contribution in [3.8, 4) is 40.2 Å². The van der Waals surface area contributed by atoms with E-state index in [0.717, 1.165) is 0 Å². The molecule has 0 aliphatic carbocycles. The topological polar surface area (TPSA) is 335 Å². The number of carbonyl (C=O) groups excluding carboxylic acids is 8. The molecule has 0 aromatic heterocycles. The maximum absolute atomic E-state index is 16.4. The molecule has 0 radical (unpaired) electrons. The Hall–Kier alpha value is -11.3. The van der Waals surface area contributed by atoms with E-state index >= 15 is 33.6 Å². The van der Waals surface area contributed by atoms with Gasteiger partial charge in [-0.2, -0.15) is 0 Å². The molecule has 0 saturated carbocycles. The lowest BCUT2D eigenvalue weighted by molar-refractivity contribution is -0.171. The molecule has 1 heterocycles. The number of para-hydroxylation sites is 7. The zero-order chi connectivity index (χ0) is 83.8. The summed E-state index contributed by atoms with van der Waals surface area (Å²) in [5.41, 5.74) is -23.1. The Morgan fingerprint density at radius 1 is 0.272 bits per heavy atom. The number of carboxylic acid groups (broad SMARTS) is 3. The van der Waals surface area contributed by atoms with E-state index in [1.54, 1.807) is 166 Å². The van der Waals surface area contributed by atoms with Crippen molar-refractivity contribution in [1.29, 1.82) is 0 Å². The third-order valence-electron chi connectivity index (χ3n) is 21.7. The lowest BCUT2D eigenvalue weighted by Crippen LogP contribution is -2.53. The summed E-state index contributed by atoms with van der Waals surface area (Å²) in [5.74, 6) is -12.3. The molecule has 1 fully saturated rings. The van der Waals surface area contributed by atoms with Crippen molar-refractivity contribution in [1.82, 2.24) is 0 Å². The molecule has 3 N–H and O–H groups in total. The van der Waals surface area contributed by atoms with Crippen LogP contribution in [-0.2, 0) is 62.2 Å². The van der Waals surface area contributed by atoms with Crippen LogP contribution in [0.5, 0.6) is 40.2 Å². The number of esters is 8.